The van der Waals surface area contributed by atoms with Gasteiger partial charge >= 0.3 is 11.9 Å². The summed E-state index contributed by atoms with van der Waals surface area (Å²) in [4.78, 5) is 31.0. The van der Waals surface area contributed by atoms with E-state index in [9.17, 15) is 9.59 Å². The van der Waals surface area contributed by atoms with Crippen molar-refractivity contribution in [3.63, 3.8) is 0 Å². The molecule has 31 heavy (non-hydrogen) atoms. The normalized spacial score (nSPS) is 10.3. The maximum absolute atomic E-state index is 12.8. The Kier molecular flexibility index (Phi) is 17.2. The van der Waals surface area contributed by atoms with Crippen molar-refractivity contribution >= 4 is 11.9 Å². The highest BCUT2D eigenvalue weighted by Gasteiger charge is 2.47. The van der Waals surface area contributed by atoms with Crippen LogP contribution in [0.1, 0.15) is 64.2 Å². The van der Waals surface area contributed by atoms with Crippen molar-refractivity contribution in [1.82, 2.24) is 0 Å². The molecule has 0 amide bonds. The fourth-order valence-corrected chi connectivity index (χ4v) is 2.96. The standard InChI is InChI=1S/C21H34N6O4/c1-3-13-21(14-4-2,19(28)30-17-11-7-5-9-15-24-26-22)20(29)31-18-12-8-6-10-16-25-27-23/h3-4H,1-2,5-18H2. The van der Waals surface area contributed by atoms with Crippen LogP contribution >= 0.6 is 0 Å². The molecule has 0 saturated carbocycles. The maximum Gasteiger partial charge on any atom is 0.324 e. The van der Waals surface area contributed by atoms with Crippen LogP contribution in [0.4, 0.5) is 0 Å². The molecule has 172 valence electrons. The Bertz CT molecular complexity index is 598. The molecule has 0 heterocycles. The second kappa shape index (κ2) is 19.0. The summed E-state index contributed by atoms with van der Waals surface area (Å²) in [6.07, 6.45) is 9.51. The van der Waals surface area contributed by atoms with Crippen LogP contribution in [0.25, 0.3) is 20.9 Å². The minimum atomic E-state index is -1.47. The van der Waals surface area contributed by atoms with Gasteiger partial charge in [0.2, 0.25) is 0 Å². The van der Waals surface area contributed by atoms with E-state index in [4.69, 9.17) is 20.5 Å². The molecule has 0 aromatic heterocycles. The van der Waals surface area contributed by atoms with Gasteiger partial charge in [0.05, 0.1) is 13.2 Å². The third kappa shape index (κ3) is 12.4. The number of allylic oxidation sites excluding steroid dienone is 2. The minimum Gasteiger partial charge on any atom is -0.465 e. The first-order valence-corrected chi connectivity index (χ1v) is 10.7. The van der Waals surface area contributed by atoms with Crippen molar-refractivity contribution in [2.45, 2.75) is 64.2 Å². The maximum atomic E-state index is 12.8. The first-order valence-electron chi connectivity index (χ1n) is 10.7. The second-order valence-corrected chi connectivity index (χ2v) is 7.08. The summed E-state index contributed by atoms with van der Waals surface area (Å²) in [5.74, 6) is -1.25. The number of carbonyl (C=O) groups is 2. The van der Waals surface area contributed by atoms with E-state index in [1.807, 2.05) is 0 Å². The number of unbranched alkanes of at least 4 members (excludes halogenated alkanes) is 6. The molecule has 0 radical (unpaired) electrons. The van der Waals surface area contributed by atoms with E-state index < -0.39 is 17.4 Å². The monoisotopic (exact) mass is 434 g/mol. The quantitative estimate of drug-likeness (QED) is 0.0442. The third-order valence-corrected chi connectivity index (χ3v) is 4.66. The van der Waals surface area contributed by atoms with Gasteiger partial charge in [-0.25, -0.2) is 0 Å². The van der Waals surface area contributed by atoms with Crippen LogP contribution in [-0.2, 0) is 19.1 Å². The molecular weight excluding hydrogens is 400 g/mol. The fraction of sp³-hybridized carbons (Fsp3) is 0.714. The van der Waals surface area contributed by atoms with Gasteiger partial charge in [-0.2, -0.15) is 0 Å². The van der Waals surface area contributed by atoms with Crippen LogP contribution in [0, 0.1) is 5.41 Å². The van der Waals surface area contributed by atoms with Gasteiger partial charge < -0.3 is 9.47 Å². The highest BCUT2D eigenvalue weighted by Crippen LogP contribution is 2.32. The largest absolute Gasteiger partial charge is 0.465 e. The van der Waals surface area contributed by atoms with Gasteiger partial charge in [-0.3, -0.25) is 9.59 Å². The van der Waals surface area contributed by atoms with Crippen molar-refractivity contribution in [3.8, 4) is 0 Å². The van der Waals surface area contributed by atoms with Crippen LogP contribution in [0.3, 0.4) is 0 Å². The molecule has 0 spiro atoms. The van der Waals surface area contributed by atoms with Gasteiger partial charge in [-0.1, -0.05) is 48.1 Å². The lowest BCUT2D eigenvalue weighted by Gasteiger charge is -2.27. The first-order chi connectivity index (χ1) is 15.1. The summed E-state index contributed by atoms with van der Waals surface area (Å²) in [6, 6.07) is 0. The van der Waals surface area contributed by atoms with E-state index in [0.29, 0.717) is 25.9 Å². The number of nitrogens with zero attached hydrogens (tertiary/aromatic N) is 6. The predicted molar refractivity (Wildman–Crippen MR) is 119 cm³/mol. The van der Waals surface area contributed by atoms with Crippen molar-refractivity contribution in [2.24, 2.45) is 15.6 Å². The van der Waals surface area contributed by atoms with Crippen molar-refractivity contribution in [1.29, 1.82) is 0 Å². The molecule has 0 saturated heterocycles. The Morgan fingerprint density at radius 1 is 0.742 bits per heavy atom. The zero-order valence-corrected chi connectivity index (χ0v) is 18.3. The number of esters is 2. The summed E-state index contributed by atoms with van der Waals surface area (Å²) in [5.41, 5.74) is 15.0. The summed E-state index contributed by atoms with van der Waals surface area (Å²) < 4.78 is 10.8. The molecule has 0 aliphatic heterocycles. The number of hydrogen-bond donors (Lipinski definition) is 0. The predicted octanol–water partition coefficient (Wildman–Crippen LogP) is 5.95. The highest BCUT2D eigenvalue weighted by atomic mass is 16.6. The summed E-state index contributed by atoms with van der Waals surface area (Å²) >= 11 is 0. The molecule has 10 nitrogen and oxygen atoms in total. The van der Waals surface area contributed by atoms with E-state index >= 15 is 0 Å². The van der Waals surface area contributed by atoms with Gasteiger partial charge in [0, 0.05) is 22.9 Å². The topological polar surface area (TPSA) is 150 Å². The summed E-state index contributed by atoms with van der Waals surface area (Å²) in [6.45, 7) is 8.65. The van der Waals surface area contributed by atoms with Gasteiger partial charge in [-0.15, -0.1) is 13.2 Å². The zero-order valence-electron chi connectivity index (χ0n) is 18.3. The van der Waals surface area contributed by atoms with Gasteiger partial charge in [0.25, 0.3) is 0 Å². The van der Waals surface area contributed by atoms with Gasteiger partial charge in [0.15, 0.2) is 5.41 Å². The Morgan fingerprint density at radius 3 is 1.48 bits per heavy atom. The number of rotatable bonds is 20. The lowest BCUT2D eigenvalue weighted by atomic mass is 9.81. The van der Waals surface area contributed by atoms with Gasteiger partial charge in [-0.05, 0) is 49.6 Å². The Balaban J connectivity index is 4.56. The van der Waals surface area contributed by atoms with E-state index in [1.54, 1.807) is 0 Å². The molecule has 10 heteroatoms. The van der Waals surface area contributed by atoms with Gasteiger partial charge in [0.1, 0.15) is 0 Å². The third-order valence-electron chi connectivity index (χ3n) is 4.66. The van der Waals surface area contributed by atoms with Crippen molar-refractivity contribution in [2.75, 3.05) is 26.3 Å². The smallest absolute Gasteiger partial charge is 0.324 e. The SMILES string of the molecule is C=CCC(CC=C)(C(=O)OCCCCCCN=[N+]=[N-])C(=O)OCCCCCCN=[N+]=[N-]. The van der Waals surface area contributed by atoms with Crippen molar-refractivity contribution < 1.29 is 19.1 Å². The molecule has 0 fully saturated rings. The van der Waals surface area contributed by atoms with Crippen LogP contribution in [0.5, 0.6) is 0 Å². The second-order valence-electron chi connectivity index (χ2n) is 7.08. The van der Waals surface area contributed by atoms with Crippen molar-refractivity contribution in [3.05, 3.63) is 46.2 Å². The molecule has 0 aliphatic rings. The van der Waals surface area contributed by atoms with E-state index in [0.717, 1.165) is 38.5 Å². The Hall–Kier alpha value is -2.96. The number of hydrogen-bond acceptors (Lipinski definition) is 6. The number of ether oxygens (including phenoxy) is 2. The fourth-order valence-electron chi connectivity index (χ4n) is 2.96. The molecular formula is C21H34N6O4. The molecule has 0 rings (SSSR count). The van der Waals surface area contributed by atoms with E-state index in [-0.39, 0.29) is 26.1 Å². The van der Waals surface area contributed by atoms with Crippen LogP contribution in [0.15, 0.2) is 35.5 Å². The highest BCUT2D eigenvalue weighted by molar-refractivity contribution is 6.00. The van der Waals surface area contributed by atoms with E-state index in [2.05, 4.69) is 33.2 Å². The molecule has 0 aromatic rings. The molecule has 0 atom stereocenters. The average Bonchev–Trinajstić information content (AvgIpc) is 2.76. The molecule has 0 aromatic carbocycles. The lowest BCUT2D eigenvalue weighted by molar-refractivity contribution is -0.172. The molecule has 0 unspecified atom stereocenters. The summed E-state index contributed by atoms with van der Waals surface area (Å²) in [5, 5.41) is 6.94. The van der Waals surface area contributed by atoms with E-state index in [1.165, 1.54) is 12.2 Å². The Labute approximate surface area is 183 Å². The molecule has 0 N–H and O–H groups in total. The lowest BCUT2D eigenvalue weighted by Crippen LogP contribution is -2.41. The molecule has 0 aliphatic carbocycles. The van der Waals surface area contributed by atoms with Crippen LogP contribution < -0.4 is 0 Å². The van der Waals surface area contributed by atoms with Crippen LogP contribution in [-0.4, -0.2) is 38.2 Å². The minimum absolute atomic E-state index is 0.106. The van der Waals surface area contributed by atoms with Crippen LogP contribution in [0.2, 0.25) is 0 Å². The average molecular weight is 435 g/mol. The molecule has 0 bridgehead atoms. The summed E-state index contributed by atoms with van der Waals surface area (Å²) in [7, 11) is 0. The zero-order chi connectivity index (χ0) is 23.2. The Morgan fingerprint density at radius 2 is 1.13 bits per heavy atom. The number of carbonyl (C=O) groups excluding carboxylic acids is 2. The number of azide groups is 2. The first kappa shape index (κ1) is 28.0.